The Bertz CT molecular complexity index is 1120. The van der Waals surface area contributed by atoms with Crippen LogP contribution in [0.3, 0.4) is 0 Å². The molecule has 1 fully saturated rings. The van der Waals surface area contributed by atoms with Crippen molar-refractivity contribution in [3.05, 3.63) is 53.4 Å². The Hall–Kier alpha value is -2.18. The highest BCUT2D eigenvalue weighted by molar-refractivity contribution is 8.00. The fourth-order valence-corrected chi connectivity index (χ4v) is 6.52. The molecule has 2 aromatic rings. The monoisotopic (exact) mass is 481 g/mol. The Labute approximate surface area is 178 Å². The maximum absolute atomic E-state index is 14.0. The van der Waals surface area contributed by atoms with E-state index in [-0.39, 0.29) is 11.4 Å². The lowest BCUT2D eigenvalue weighted by Crippen LogP contribution is -2.58. The van der Waals surface area contributed by atoms with Crippen LogP contribution in [0, 0.1) is 29.1 Å². The first kappa shape index (κ1) is 23.5. The van der Waals surface area contributed by atoms with Crippen LogP contribution in [-0.2, 0) is 14.8 Å². The van der Waals surface area contributed by atoms with Crippen molar-refractivity contribution in [2.45, 2.75) is 29.5 Å². The zero-order valence-electron chi connectivity index (χ0n) is 16.1. The minimum atomic E-state index is -4.33. The number of hydrogen-bond donors (Lipinski definition) is 1. The zero-order valence-corrected chi connectivity index (χ0v) is 17.8. The molecule has 0 radical (unpaired) electrons. The van der Waals surface area contributed by atoms with E-state index in [2.05, 4.69) is 0 Å². The number of halogens is 5. The van der Waals surface area contributed by atoms with Gasteiger partial charge in [-0.05, 0) is 31.5 Å². The van der Waals surface area contributed by atoms with E-state index in [0.717, 1.165) is 28.6 Å². The van der Waals surface area contributed by atoms with Crippen LogP contribution < -0.4 is 0 Å². The average molecular weight is 481 g/mol. The molecule has 1 aliphatic rings. The lowest BCUT2D eigenvalue weighted by Gasteiger charge is -2.42. The Morgan fingerprint density at radius 3 is 1.97 bits per heavy atom. The summed E-state index contributed by atoms with van der Waals surface area (Å²) in [4.78, 5) is 11.4. The summed E-state index contributed by atoms with van der Waals surface area (Å²) in [5, 5.41) is 9.58. The minimum absolute atomic E-state index is 0.0766. The van der Waals surface area contributed by atoms with Crippen molar-refractivity contribution in [2.75, 3.05) is 12.3 Å². The third-order valence-electron chi connectivity index (χ3n) is 4.93. The van der Waals surface area contributed by atoms with Gasteiger partial charge in [0.25, 0.3) is 0 Å². The zero-order chi connectivity index (χ0) is 23.3. The first-order chi connectivity index (χ1) is 14.3. The molecule has 1 heterocycles. The first-order valence-corrected chi connectivity index (χ1v) is 11.2. The third-order valence-corrected chi connectivity index (χ3v) is 8.16. The number of rotatable bonds is 4. The Kier molecular flexibility index (Phi) is 6.11. The highest BCUT2D eigenvalue weighted by atomic mass is 32.2. The molecule has 1 atom stereocenters. The molecule has 0 spiro atoms. The van der Waals surface area contributed by atoms with Crippen LogP contribution >= 0.6 is 11.8 Å². The van der Waals surface area contributed by atoms with Crippen LogP contribution in [0.4, 0.5) is 22.0 Å². The number of nitrogens with zero attached hydrogens (tertiary/aromatic N) is 1. The van der Waals surface area contributed by atoms with Crippen molar-refractivity contribution < 1.29 is 40.3 Å². The second kappa shape index (κ2) is 8.06. The normalized spacial score (nSPS) is 19.4. The largest absolute Gasteiger partial charge is 0.480 e. The van der Waals surface area contributed by atoms with E-state index in [1.165, 1.54) is 11.8 Å². The van der Waals surface area contributed by atoms with Crippen LogP contribution in [-0.4, -0.2) is 46.9 Å². The third kappa shape index (κ3) is 3.92. The van der Waals surface area contributed by atoms with Crippen molar-refractivity contribution in [3.8, 4) is 11.1 Å². The van der Waals surface area contributed by atoms with Crippen LogP contribution in [0.15, 0.2) is 29.2 Å². The average Bonchev–Trinajstić information content (AvgIpc) is 2.70. The topological polar surface area (TPSA) is 74.7 Å². The lowest BCUT2D eigenvalue weighted by atomic mass is 10.0. The van der Waals surface area contributed by atoms with Gasteiger partial charge >= 0.3 is 5.97 Å². The fraction of sp³-hybridized carbons (Fsp3) is 0.316. The maximum Gasteiger partial charge on any atom is 0.323 e. The van der Waals surface area contributed by atoms with Crippen molar-refractivity contribution in [2.24, 2.45) is 0 Å². The van der Waals surface area contributed by atoms with Crippen LogP contribution in [0.1, 0.15) is 13.8 Å². The minimum Gasteiger partial charge on any atom is -0.480 e. The van der Waals surface area contributed by atoms with Crippen molar-refractivity contribution >= 4 is 27.8 Å². The molecule has 0 unspecified atom stereocenters. The van der Waals surface area contributed by atoms with E-state index in [0.29, 0.717) is 5.75 Å². The van der Waals surface area contributed by atoms with Gasteiger partial charge in [-0.15, -0.1) is 0 Å². The number of hydrogen-bond acceptors (Lipinski definition) is 4. The van der Waals surface area contributed by atoms with Crippen molar-refractivity contribution in [1.29, 1.82) is 0 Å². The summed E-state index contributed by atoms with van der Waals surface area (Å²) in [5.74, 6) is -11.6. The Morgan fingerprint density at radius 1 is 1.00 bits per heavy atom. The number of sulfonamides is 1. The molecule has 3 rings (SSSR count). The van der Waals surface area contributed by atoms with E-state index in [9.17, 15) is 40.3 Å². The van der Waals surface area contributed by atoms with Crippen LogP contribution in [0.25, 0.3) is 11.1 Å². The molecule has 12 heteroatoms. The molecule has 31 heavy (non-hydrogen) atoms. The van der Waals surface area contributed by atoms with E-state index >= 15 is 0 Å². The smallest absolute Gasteiger partial charge is 0.323 e. The molecule has 0 aliphatic carbocycles. The molecule has 0 saturated carbocycles. The van der Waals surface area contributed by atoms with Crippen molar-refractivity contribution in [3.63, 3.8) is 0 Å². The summed E-state index contributed by atoms with van der Waals surface area (Å²) in [6.45, 7) is 3.13. The lowest BCUT2D eigenvalue weighted by molar-refractivity contribution is -0.142. The van der Waals surface area contributed by atoms with Gasteiger partial charge in [0.2, 0.25) is 15.8 Å². The quantitative estimate of drug-likeness (QED) is 0.406. The number of aliphatic carboxylic acids is 1. The van der Waals surface area contributed by atoms with Gasteiger partial charge in [-0.1, -0.05) is 12.1 Å². The van der Waals surface area contributed by atoms with E-state index < -0.39 is 67.0 Å². The van der Waals surface area contributed by atoms with Crippen LogP contribution in [0.5, 0.6) is 0 Å². The van der Waals surface area contributed by atoms with Gasteiger partial charge in [-0.25, -0.2) is 30.4 Å². The number of benzene rings is 2. The van der Waals surface area contributed by atoms with Crippen molar-refractivity contribution in [1.82, 2.24) is 4.31 Å². The van der Waals surface area contributed by atoms with Gasteiger partial charge in [0.05, 0.1) is 10.5 Å². The number of carboxylic acids is 1. The summed E-state index contributed by atoms with van der Waals surface area (Å²) >= 11 is 1.31. The molecule has 1 saturated heterocycles. The fourth-order valence-electron chi connectivity index (χ4n) is 3.42. The SMILES string of the molecule is CC1(C)SCCN(S(=O)(=O)c2ccc(-c3c(F)c(F)c(F)c(F)c3F)cc2)[C@H]1C(=O)O. The molecule has 1 aliphatic heterocycles. The predicted octanol–water partition coefficient (Wildman–Crippen LogP) is 4.02. The number of carboxylic acid groups (broad SMARTS) is 1. The highest BCUT2D eigenvalue weighted by Crippen LogP contribution is 2.39. The molecule has 2 aromatic carbocycles. The number of carbonyl (C=O) groups is 1. The second-order valence-corrected chi connectivity index (χ2v) is 10.9. The molecule has 168 valence electrons. The summed E-state index contributed by atoms with van der Waals surface area (Å²) in [6.07, 6.45) is 0. The van der Waals surface area contributed by atoms with Crippen LogP contribution in [0.2, 0.25) is 0 Å². The van der Waals surface area contributed by atoms with E-state index in [1.54, 1.807) is 13.8 Å². The van der Waals surface area contributed by atoms with Gasteiger partial charge in [-0.3, -0.25) is 4.79 Å². The van der Waals surface area contributed by atoms with Gasteiger partial charge in [0.15, 0.2) is 23.3 Å². The van der Waals surface area contributed by atoms with Gasteiger partial charge in [-0.2, -0.15) is 16.1 Å². The summed E-state index contributed by atoms with van der Waals surface area (Å²) in [6, 6.07) is 2.27. The van der Waals surface area contributed by atoms with Gasteiger partial charge < -0.3 is 5.11 Å². The molecule has 5 nitrogen and oxygen atoms in total. The Balaban J connectivity index is 2.05. The van der Waals surface area contributed by atoms with Gasteiger partial charge in [0.1, 0.15) is 6.04 Å². The predicted molar refractivity (Wildman–Crippen MR) is 104 cm³/mol. The van der Waals surface area contributed by atoms with E-state index in [1.807, 2.05) is 0 Å². The molecular weight excluding hydrogens is 465 g/mol. The number of thioether (sulfide) groups is 1. The van der Waals surface area contributed by atoms with E-state index in [4.69, 9.17) is 0 Å². The first-order valence-electron chi connectivity index (χ1n) is 8.81. The summed E-state index contributed by atoms with van der Waals surface area (Å²) < 4.78 is 94.3. The Morgan fingerprint density at radius 2 is 1.48 bits per heavy atom. The van der Waals surface area contributed by atoms with Gasteiger partial charge in [0, 0.05) is 17.0 Å². The molecule has 0 aromatic heterocycles. The molecule has 0 amide bonds. The molecular formula is C19H16F5NO4S2. The highest BCUT2D eigenvalue weighted by Gasteiger charge is 2.48. The molecule has 0 bridgehead atoms. The second-order valence-electron chi connectivity index (χ2n) is 7.28. The maximum atomic E-state index is 14.0. The summed E-state index contributed by atoms with van der Waals surface area (Å²) in [7, 11) is -4.33. The summed E-state index contributed by atoms with van der Waals surface area (Å²) in [5.41, 5.74) is -1.63. The molecule has 1 N–H and O–H groups in total. The standard InChI is InChI=1S/C19H16F5NO4S2/c1-19(2)17(18(26)27)25(7-8-30-19)31(28,29)10-5-3-9(4-6-10)11-12(20)14(22)16(24)15(23)13(11)21/h3-6,17H,7-8H2,1-2H3,(H,26,27)/t17-/m0/s1.